The van der Waals surface area contributed by atoms with Crippen LogP contribution in [0.5, 0.6) is 0 Å². The maximum atomic E-state index is 10.7. The van der Waals surface area contributed by atoms with E-state index in [1.54, 1.807) is 6.08 Å². The lowest BCUT2D eigenvalue weighted by molar-refractivity contribution is -0.0392. The van der Waals surface area contributed by atoms with Gasteiger partial charge in [-0.05, 0) is 48.3 Å². The number of halogens is 1. The van der Waals surface area contributed by atoms with Crippen LogP contribution in [0.1, 0.15) is 61.3 Å². The maximum absolute atomic E-state index is 10.7. The van der Waals surface area contributed by atoms with Gasteiger partial charge in [-0.15, -0.1) is 0 Å². The molecule has 1 fully saturated rings. The normalized spacial score (nSPS) is 28.6. The highest BCUT2D eigenvalue weighted by molar-refractivity contribution is 6.74. The van der Waals surface area contributed by atoms with E-state index in [4.69, 9.17) is 20.5 Å². The van der Waals surface area contributed by atoms with Crippen molar-refractivity contribution in [2.24, 2.45) is 11.8 Å². The van der Waals surface area contributed by atoms with Crippen LogP contribution in [-0.2, 0) is 8.85 Å². The Hall–Kier alpha value is -0.0962. The molecule has 0 heterocycles. The Labute approximate surface area is 193 Å². The third-order valence-electron chi connectivity index (χ3n) is 7.80. The largest absolute Gasteiger partial charge is 0.414 e. The molecule has 0 unspecified atom stereocenters. The van der Waals surface area contributed by atoms with Crippen LogP contribution in [0.2, 0.25) is 36.3 Å². The maximum Gasteiger partial charge on any atom is 0.192 e. The van der Waals surface area contributed by atoms with Gasteiger partial charge < -0.3 is 14.0 Å². The summed E-state index contributed by atoms with van der Waals surface area (Å²) < 4.78 is 13.9. The van der Waals surface area contributed by atoms with Crippen molar-refractivity contribution < 1.29 is 14.0 Å². The summed E-state index contributed by atoms with van der Waals surface area (Å²) in [7, 11) is -4.05. The number of allylic oxidation sites excluding steroid dienone is 1. The molecule has 4 atom stereocenters. The number of aliphatic hydroxyl groups excluding tert-OH is 1. The fraction of sp³-hybridized carbons (Fsp3) is 0.833. The summed E-state index contributed by atoms with van der Waals surface area (Å²) in [6.45, 7) is 24.9. The summed E-state index contributed by atoms with van der Waals surface area (Å²) in [5, 5.41) is 10.9. The molecule has 6 heteroatoms. The van der Waals surface area contributed by atoms with Crippen molar-refractivity contribution >= 4 is 28.2 Å². The van der Waals surface area contributed by atoms with Crippen LogP contribution < -0.4 is 0 Å². The van der Waals surface area contributed by atoms with Gasteiger partial charge >= 0.3 is 0 Å². The Morgan fingerprint density at radius 2 is 1.60 bits per heavy atom. The highest BCUT2D eigenvalue weighted by Crippen LogP contribution is 2.52. The van der Waals surface area contributed by atoms with Gasteiger partial charge in [0, 0.05) is 24.3 Å². The molecular weight excluding hydrogens is 428 g/mol. The van der Waals surface area contributed by atoms with Gasteiger partial charge in [0.05, 0.1) is 18.3 Å². The molecule has 1 rings (SSSR count). The van der Waals surface area contributed by atoms with Crippen LogP contribution >= 0.6 is 11.6 Å². The first-order chi connectivity index (χ1) is 13.4. The molecule has 0 aromatic carbocycles. The zero-order valence-electron chi connectivity index (χ0n) is 21.1. The molecule has 1 N–H and O–H groups in total. The van der Waals surface area contributed by atoms with Gasteiger partial charge in [-0.2, -0.15) is 0 Å². The quantitative estimate of drug-likeness (QED) is 0.336. The first kappa shape index (κ1) is 27.9. The van der Waals surface area contributed by atoms with Gasteiger partial charge in [0.1, 0.15) is 0 Å². The van der Waals surface area contributed by atoms with Crippen LogP contribution in [0.3, 0.4) is 0 Å². The van der Waals surface area contributed by atoms with E-state index in [9.17, 15) is 5.11 Å². The second-order valence-corrected chi connectivity index (χ2v) is 21.7. The van der Waals surface area contributed by atoms with Crippen LogP contribution in [0.25, 0.3) is 0 Å². The lowest BCUT2D eigenvalue weighted by Crippen LogP contribution is -2.54. The smallest absolute Gasteiger partial charge is 0.192 e. The molecule has 0 aliphatic heterocycles. The topological polar surface area (TPSA) is 38.7 Å². The second kappa shape index (κ2) is 9.81. The van der Waals surface area contributed by atoms with E-state index in [1.807, 2.05) is 0 Å². The van der Waals surface area contributed by atoms with Gasteiger partial charge in [-0.3, -0.25) is 0 Å². The van der Waals surface area contributed by atoms with Crippen LogP contribution in [0.4, 0.5) is 0 Å². The van der Waals surface area contributed by atoms with Crippen molar-refractivity contribution in [3.05, 3.63) is 11.6 Å². The summed E-state index contributed by atoms with van der Waals surface area (Å²) in [5.74, 6) is 6.62. The number of hydrogen-bond acceptors (Lipinski definition) is 3. The van der Waals surface area contributed by atoms with E-state index in [-0.39, 0.29) is 34.6 Å². The molecule has 0 aromatic heterocycles. The average Bonchev–Trinajstić information content (AvgIpc) is 2.81. The Morgan fingerprint density at radius 1 is 1.07 bits per heavy atom. The third kappa shape index (κ3) is 6.24. The highest BCUT2D eigenvalue weighted by Gasteiger charge is 2.57. The van der Waals surface area contributed by atoms with E-state index in [2.05, 4.69) is 86.5 Å². The minimum atomic E-state index is -2.10. The van der Waals surface area contributed by atoms with Crippen LogP contribution in [-0.4, -0.2) is 40.1 Å². The first-order valence-corrected chi connectivity index (χ1v) is 17.4. The summed E-state index contributed by atoms with van der Waals surface area (Å²) in [4.78, 5) is 0. The lowest BCUT2D eigenvalue weighted by atomic mass is 9.84. The van der Waals surface area contributed by atoms with Crippen LogP contribution in [0.15, 0.2) is 11.6 Å². The second-order valence-electron chi connectivity index (χ2n) is 12.0. The predicted octanol–water partition coefficient (Wildman–Crippen LogP) is 6.93. The Balaban J connectivity index is 3.35. The molecule has 174 valence electrons. The van der Waals surface area contributed by atoms with Gasteiger partial charge in [0.25, 0.3) is 0 Å². The van der Waals surface area contributed by atoms with E-state index in [0.29, 0.717) is 6.42 Å². The van der Waals surface area contributed by atoms with Crippen molar-refractivity contribution in [3.8, 4) is 11.8 Å². The minimum absolute atomic E-state index is 0.00109. The van der Waals surface area contributed by atoms with Crippen molar-refractivity contribution in [1.82, 2.24) is 0 Å². The molecule has 0 radical (unpaired) electrons. The van der Waals surface area contributed by atoms with Gasteiger partial charge in [0.15, 0.2) is 16.6 Å². The summed E-state index contributed by atoms with van der Waals surface area (Å²) in [5.41, 5.74) is 0.814. The average molecular weight is 473 g/mol. The molecule has 1 aliphatic carbocycles. The van der Waals surface area contributed by atoms with Crippen molar-refractivity contribution in [2.45, 2.75) is 109 Å². The molecule has 0 spiro atoms. The monoisotopic (exact) mass is 472 g/mol. The summed E-state index contributed by atoms with van der Waals surface area (Å²) in [6.07, 6.45) is 3.11. The van der Waals surface area contributed by atoms with E-state index in [0.717, 1.165) is 6.42 Å². The summed E-state index contributed by atoms with van der Waals surface area (Å²) >= 11 is 5.63. The van der Waals surface area contributed by atoms with Gasteiger partial charge in [-0.25, -0.2) is 0 Å². The fourth-order valence-electron chi connectivity index (χ4n) is 3.74. The molecule has 30 heavy (non-hydrogen) atoms. The zero-order chi connectivity index (χ0) is 23.6. The number of rotatable bonds is 6. The van der Waals surface area contributed by atoms with Crippen molar-refractivity contribution in [3.63, 3.8) is 0 Å². The highest BCUT2D eigenvalue weighted by atomic mass is 35.5. The fourth-order valence-corrected chi connectivity index (χ4v) is 6.84. The molecule has 0 amide bonds. The Morgan fingerprint density at radius 3 is 2.03 bits per heavy atom. The van der Waals surface area contributed by atoms with Gasteiger partial charge in [-0.1, -0.05) is 71.9 Å². The third-order valence-corrected chi connectivity index (χ3v) is 17.0. The predicted molar refractivity (Wildman–Crippen MR) is 135 cm³/mol. The molecule has 1 saturated carbocycles. The summed E-state index contributed by atoms with van der Waals surface area (Å²) in [6, 6.07) is 0. The van der Waals surface area contributed by atoms with E-state index < -0.39 is 22.2 Å². The van der Waals surface area contributed by atoms with Crippen molar-refractivity contribution in [2.75, 3.05) is 6.61 Å². The number of aliphatic hydroxyl groups is 1. The van der Waals surface area contributed by atoms with Crippen LogP contribution in [0, 0.1) is 23.7 Å². The van der Waals surface area contributed by atoms with E-state index in [1.165, 1.54) is 5.54 Å². The van der Waals surface area contributed by atoms with Gasteiger partial charge in [0.2, 0.25) is 0 Å². The zero-order valence-corrected chi connectivity index (χ0v) is 23.9. The number of hydrogen-bond donors (Lipinski definition) is 1. The molecule has 0 aromatic rings. The lowest BCUT2D eigenvalue weighted by Gasteiger charge is -2.46. The molecular formula is C24H45ClO3Si2. The molecule has 3 nitrogen and oxygen atoms in total. The minimum Gasteiger partial charge on any atom is -0.414 e. The van der Waals surface area contributed by atoms with E-state index >= 15 is 0 Å². The van der Waals surface area contributed by atoms with Crippen molar-refractivity contribution in [1.29, 1.82) is 0 Å². The standard InChI is InChI=1S/C24H45ClO3Si2/c1-19-20(15-13-12-14-16-25)24(18-26,28-30(10,11)23(5,6)7)17-21(19)27-29(8,9)22(2,3)4/h14,16,19-21,26H,15,17-18H2,1-11H3/b16-14-/t19-,20-,21-,24-/m0/s1. The molecule has 0 saturated heterocycles. The Bertz CT molecular complexity index is 665. The molecule has 1 aliphatic rings. The SMILES string of the molecule is C[C@@H]1[C@@H](O[Si](C)(C)C(C)(C)C)C[C@@](CO)(O[Si](C)(C)C(C)(C)C)[C@H]1CC#C/C=C\Cl. The molecule has 0 bridgehead atoms. The first-order valence-electron chi connectivity index (χ1n) is 11.2. The Kier molecular flexibility index (Phi) is 9.13.